The number of hydrogen-bond acceptors (Lipinski definition) is 2. The summed E-state index contributed by atoms with van der Waals surface area (Å²) in [6.45, 7) is 4.49. The Bertz CT molecular complexity index is 293. The maximum Gasteiger partial charge on any atom is 0.129 e. The van der Waals surface area contributed by atoms with Gasteiger partial charge < -0.3 is 9.47 Å². The van der Waals surface area contributed by atoms with Crippen LogP contribution in [0.25, 0.3) is 0 Å². The van der Waals surface area contributed by atoms with Crippen molar-refractivity contribution in [3.05, 3.63) is 29.8 Å². The predicted octanol–water partition coefficient (Wildman–Crippen LogP) is 2.77. The van der Waals surface area contributed by atoms with E-state index < -0.39 is 11.6 Å². The van der Waals surface area contributed by atoms with Gasteiger partial charge in [-0.1, -0.05) is 0 Å². The highest BCUT2D eigenvalue weighted by molar-refractivity contribution is 5.23. The van der Waals surface area contributed by atoms with Crippen LogP contribution in [0.15, 0.2) is 18.2 Å². The third-order valence-corrected chi connectivity index (χ3v) is 1.64. The maximum atomic E-state index is 12.7. The van der Waals surface area contributed by atoms with Gasteiger partial charge in [-0.3, -0.25) is 0 Å². The van der Waals surface area contributed by atoms with Gasteiger partial charge in [-0.05, 0) is 13.8 Å². The van der Waals surface area contributed by atoms with Crippen molar-refractivity contribution in [2.24, 2.45) is 0 Å². The topological polar surface area (TPSA) is 18.5 Å². The smallest absolute Gasteiger partial charge is 0.129 e. The van der Waals surface area contributed by atoms with Crippen molar-refractivity contribution in [1.29, 1.82) is 0 Å². The fourth-order valence-corrected chi connectivity index (χ4v) is 1.06. The van der Waals surface area contributed by atoms with Crippen molar-refractivity contribution in [3.8, 4) is 5.75 Å². The molecule has 0 aliphatic heterocycles. The molecule has 0 amide bonds. The van der Waals surface area contributed by atoms with Crippen LogP contribution < -0.4 is 4.74 Å². The van der Waals surface area contributed by atoms with Gasteiger partial charge in [-0.25, -0.2) is 8.78 Å². The summed E-state index contributed by atoms with van der Waals surface area (Å²) in [5.74, 6) is -1.11. The van der Waals surface area contributed by atoms with E-state index in [0.717, 1.165) is 18.2 Å². The summed E-state index contributed by atoms with van der Waals surface area (Å²) in [5, 5.41) is 0. The van der Waals surface area contributed by atoms with Crippen LogP contribution in [0, 0.1) is 11.6 Å². The number of benzene rings is 1. The molecule has 1 aromatic carbocycles. The van der Waals surface area contributed by atoms with E-state index in [2.05, 4.69) is 0 Å². The van der Waals surface area contributed by atoms with Gasteiger partial charge in [0.15, 0.2) is 0 Å². The van der Waals surface area contributed by atoms with Gasteiger partial charge in [-0.2, -0.15) is 0 Å². The molecule has 0 saturated carbocycles. The van der Waals surface area contributed by atoms with E-state index >= 15 is 0 Å². The van der Waals surface area contributed by atoms with Gasteiger partial charge in [0, 0.05) is 18.2 Å². The Morgan fingerprint density at radius 3 is 2.20 bits per heavy atom. The van der Waals surface area contributed by atoms with Crippen LogP contribution in [0.2, 0.25) is 0 Å². The fraction of sp³-hybridized carbons (Fsp3) is 0.455. The van der Waals surface area contributed by atoms with Gasteiger partial charge >= 0.3 is 0 Å². The second-order valence-corrected chi connectivity index (χ2v) is 3.37. The molecule has 0 atom stereocenters. The summed E-state index contributed by atoms with van der Waals surface area (Å²) in [6, 6.07) is 3.08. The van der Waals surface area contributed by atoms with Gasteiger partial charge in [0.05, 0.1) is 12.7 Å². The standard InChI is InChI=1S/C11H14F2O2/c1-8(2)14-3-4-15-11-6-9(12)5-10(13)7-11/h5-8H,3-4H2,1-2H3. The van der Waals surface area contributed by atoms with Gasteiger partial charge in [-0.15, -0.1) is 0 Å². The molecular formula is C11H14F2O2. The highest BCUT2D eigenvalue weighted by atomic mass is 19.1. The predicted molar refractivity (Wildman–Crippen MR) is 52.9 cm³/mol. The van der Waals surface area contributed by atoms with Crippen molar-refractivity contribution >= 4 is 0 Å². The molecule has 1 rings (SSSR count). The minimum Gasteiger partial charge on any atom is -0.491 e. The van der Waals surface area contributed by atoms with E-state index in [-0.39, 0.29) is 18.5 Å². The molecule has 0 fully saturated rings. The van der Waals surface area contributed by atoms with Gasteiger partial charge in [0.1, 0.15) is 24.0 Å². The quantitative estimate of drug-likeness (QED) is 0.704. The summed E-state index contributed by atoms with van der Waals surface area (Å²) >= 11 is 0. The van der Waals surface area contributed by atoms with Crippen molar-refractivity contribution in [3.63, 3.8) is 0 Å². The minimum atomic E-state index is -0.644. The summed E-state index contributed by atoms with van der Waals surface area (Å²) in [6.07, 6.45) is 0.123. The zero-order chi connectivity index (χ0) is 11.3. The number of halogens is 2. The zero-order valence-corrected chi connectivity index (χ0v) is 8.80. The molecule has 0 aliphatic rings. The van der Waals surface area contributed by atoms with Gasteiger partial charge in [0.25, 0.3) is 0 Å². The van der Waals surface area contributed by atoms with E-state index in [9.17, 15) is 8.78 Å². The molecule has 15 heavy (non-hydrogen) atoms. The second-order valence-electron chi connectivity index (χ2n) is 3.37. The monoisotopic (exact) mass is 216 g/mol. The van der Waals surface area contributed by atoms with Crippen LogP contribution in [0.5, 0.6) is 5.75 Å². The SMILES string of the molecule is CC(C)OCCOc1cc(F)cc(F)c1. The third-order valence-electron chi connectivity index (χ3n) is 1.64. The number of hydrogen-bond donors (Lipinski definition) is 0. The van der Waals surface area contributed by atoms with E-state index in [4.69, 9.17) is 9.47 Å². The van der Waals surface area contributed by atoms with E-state index in [1.807, 2.05) is 13.8 Å². The van der Waals surface area contributed by atoms with Crippen LogP contribution in [-0.4, -0.2) is 19.3 Å². The van der Waals surface area contributed by atoms with Crippen molar-refractivity contribution in [1.82, 2.24) is 0 Å². The number of ether oxygens (including phenoxy) is 2. The molecule has 84 valence electrons. The Morgan fingerprint density at radius 2 is 1.67 bits per heavy atom. The summed E-state index contributed by atoms with van der Waals surface area (Å²) in [5.41, 5.74) is 0. The van der Waals surface area contributed by atoms with E-state index in [0.29, 0.717) is 6.61 Å². The van der Waals surface area contributed by atoms with Crippen molar-refractivity contribution in [2.45, 2.75) is 20.0 Å². The Balaban J connectivity index is 2.37. The first kappa shape index (κ1) is 11.9. The Hall–Kier alpha value is -1.16. The molecule has 1 aromatic rings. The van der Waals surface area contributed by atoms with Crippen molar-refractivity contribution < 1.29 is 18.3 Å². The molecule has 0 aromatic heterocycles. The van der Waals surface area contributed by atoms with Crippen LogP contribution in [0.4, 0.5) is 8.78 Å². The van der Waals surface area contributed by atoms with Crippen LogP contribution >= 0.6 is 0 Å². The largest absolute Gasteiger partial charge is 0.491 e. The van der Waals surface area contributed by atoms with Crippen LogP contribution in [0.3, 0.4) is 0 Å². The molecule has 0 radical (unpaired) electrons. The molecule has 0 heterocycles. The lowest BCUT2D eigenvalue weighted by Gasteiger charge is -2.09. The average Bonchev–Trinajstić information content (AvgIpc) is 2.10. The first-order valence-corrected chi connectivity index (χ1v) is 4.78. The summed E-state index contributed by atoms with van der Waals surface area (Å²) < 4.78 is 35.8. The van der Waals surface area contributed by atoms with Crippen LogP contribution in [0.1, 0.15) is 13.8 Å². The molecular weight excluding hydrogens is 202 g/mol. The van der Waals surface area contributed by atoms with E-state index in [1.165, 1.54) is 0 Å². The third kappa shape index (κ3) is 4.74. The van der Waals surface area contributed by atoms with Crippen LogP contribution in [-0.2, 0) is 4.74 Å². The molecule has 0 bridgehead atoms. The minimum absolute atomic E-state index is 0.123. The first-order valence-electron chi connectivity index (χ1n) is 4.78. The molecule has 2 nitrogen and oxygen atoms in total. The lowest BCUT2D eigenvalue weighted by molar-refractivity contribution is 0.0551. The van der Waals surface area contributed by atoms with Crippen molar-refractivity contribution in [2.75, 3.05) is 13.2 Å². The first-order chi connectivity index (χ1) is 7.08. The molecule has 0 N–H and O–H groups in total. The second kappa shape index (κ2) is 5.66. The Labute approximate surface area is 87.8 Å². The summed E-state index contributed by atoms with van der Waals surface area (Å²) in [7, 11) is 0. The molecule has 0 spiro atoms. The molecule has 0 aliphatic carbocycles. The highest BCUT2D eigenvalue weighted by Gasteiger charge is 2.01. The average molecular weight is 216 g/mol. The molecule has 0 unspecified atom stereocenters. The maximum absolute atomic E-state index is 12.7. The lowest BCUT2D eigenvalue weighted by atomic mass is 10.3. The molecule has 4 heteroatoms. The van der Waals surface area contributed by atoms with E-state index in [1.54, 1.807) is 0 Å². The zero-order valence-electron chi connectivity index (χ0n) is 8.80. The molecule has 0 saturated heterocycles. The normalized spacial score (nSPS) is 10.7. The number of rotatable bonds is 5. The van der Waals surface area contributed by atoms with Gasteiger partial charge in [0.2, 0.25) is 0 Å². The highest BCUT2D eigenvalue weighted by Crippen LogP contribution is 2.14. The lowest BCUT2D eigenvalue weighted by Crippen LogP contribution is -2.11. The Morgan fingerprint density at radius 1 is 1.07 bits per heavy atom. The Kier molecular flexibility index (Phi) is 4.49. The fourth-order valence-electron chi connectivity index (χ4n) is 1.06. The summed E-state index contributed by atoms with van der Waals surface area (Å²) in [4.78, 5) is 0.